The standard InChI is InChI=1S/C27H38ClF2N7O2/c1-17-15-35(16-18(2)27(17,29)30)24-31-14-20(28)23(33-24)32-19-7-8-21-22(13-19)36(10-9-26(3,4)39)25(38)37(21)12-11-34(5)6/h7-8,13-14,17-18,39H,9-12,15-16H2,1-6H3,(H,31,32,33)/t17-,18+. The predicted molar refractivity (Wildman–Crippen MR) is 151 cm³/mol. The Labute approximate surface area is 232 Å². The second-order valence-corrected chi connectivity index (χ2v) is 11.9. The summed E-state index contributed by atoms with van der Waals surface area (Å²) in [5, 5.41) is 13.8. The van der Waals surface area contributed by atoms with Crippen molar-refractivity contribution in [2.75, 3.05) is 43.9 Å². The van der Waals surface area contributed by atoms with E-state index in [2.05, 4.69) is 15.3 Å². The normalized spacial score (nSPS) is 19.7. The fourth-order valence-electron chi connectivity index (χ4n) is 4.88. The quantitative estimate of drug-likeness (QED) is 0.396. The molecule has 2 aromatic heterocycles. The number of hydrogen-bond donors (Lipinski definition) is 2. The molecule has 9 nitrogen and oxygen atoms in total. The van der Waals surface area contributed by atoms with Crippen LogP contribution in [0.3, 0.4) is 0 Å². The van der Waals surface area contributed by atoms with Crippen molar-refractivity contribution in [3.63, 3.8) is 0 Å². The Kier molecular flexibility index (Phi) is 8.26. The highest BCUT2D eigenvalue weighted by atomic mass is 35.5. The van der Waals surface area contributed by atoms with Gasteiger partial charge in [0.1, 0.15) is 5.02 Å². The summed E-state index contributed by atoms with van der Waals surface area (Å²) in [7, 11) is 3.91. The lowest BCUT2D eigenvalue weighted by molar-refractivity contribution is -0.105. The molecule has 12 heteroatoms. The Morgan fingerprint density at radius 3 is 2.41 bits per heavy atom. The number of aliphatic hydroxyl groups is 1. The summed E-state index contributed by atoms with van der Waals surface area (Å²) in [6, 6.07) is 5.58. The summed E-state index contributed by atoms with van der Waals surface area (Å²) in [5.74, 6) is -3.75. The second-order valence-electron chi connectivity index (χ2n) is 11.5. The van der Waals surface area contributed by atoms with Gasteiger partial charge in [-0.1, -0.05) is 25.4 Å². The van der Waals surface area contributed by atoms with E-state index >= 15 is 0 Å². The van der Waals surface area contributed by atoms with Crippen LogP contribution >= 0.6 is 11.6 Å². The molecule has 0 aliphatic carbocycles. The lowest BCUT2D eigenvalue weighted by Crippen LogP contribution is -2.52. The van der Waals surface area contributed by atoms with Crippen LogP contribution in [0.4, 0.5) is 26.2 Å². The number of nitrogens with one attached hydrogen (secondary N) is 1. The smallest absolute Gasteiger partial charge is 0.329 e. The zero-order valence-electron chi connectivity index (χ0n) is 23.4. The lowest BCUT2D eigenvalue weighted by Gasteiger charge is -2.41. The van der Waals surface area contributed by atoms with Crippen molar-refractivity contribution in [3.05, 3.63) is 39.9 Å². The fourth-order valence-corrected chi connectivity index (χ4v) is 5.02. The number of piperidine rings is 1. The average molecular weight is 566 g/mol. The van der Waals surface area contributed by atoms with E-state index < -0.39 is 23.4 Å². The minimum Gasteiger partial charge on any atom is -0.390 e. The summed E-state index contributed by atoms with van der Waals surface area (Å²) in [4.78, 5) is 26.0. The van der Waals surface area contributed by atoms with Crippen LogP contribution in [0.1, 0.15) is 34.1 Å². The number of imidazole rings is 1. The minimum atomic E-state index is -2.75. The van der Waals surface area contributed by atoms with Crippen molar-refractivity contribution < 1.29 is 13.9 Å². The number of hydrogen-bond acceptors (Lipinski definition) is 7. The molecule has 4 rings (SSSR count). The van der Waals surface area contributed by atoms with Gasteiger partial charge in [-0.05, 0) is 52.6 Å². The first-order valence-corrected chi connectivity index (χ1v) is 13.6. The number of rotatable bonds is 9. The van der Waals surface area contributed by atoms with Crippen molar-refractivity contribution in [2.45, 2.75) is 58.7 Å². The molecule has 0 spiro atoms. The van der Waals surface area contributed by atoms with Gasteiger partial charge < -0.3 is 20.2 Å². The van der Waals surface area contributed by atoms with Gasteiger partial charge in [0.25, 0.3) is 5.92 Å². The lowest BCUT2D eigenvalue weighted by atomic mass is 9.87. The molecular formula is C27H38ClF2N7O2. The molecule has 0 bridgehead atoms. The Morgan fingerprint density at radius 1 is 1.15 bits per heavy atom. The Hall–Kier alpha value is -2.76. The van der Waals surface area contributed by atoms with Crippen LogP contribution in [0, 0.1) is 11.8 Å². The number of fused-ring (bicyclic) bond motifs is 1. The van der Waals surface area contributed by atoms with E-state index in [0.29, 0.717) is 43.5 Å². The van der Waals surface area contributed by atoms with E-state index in [0.717, 1.165) is 11.0 Å². The van der Waals surface area contributed by atoms with Crippen LogP contribution in [0.25, 0.3) is 11.0 Å². The van der Waals surface area contributed by atoms with Crippen molar-refractivity contribution >= 4 is 40.1 Å². The number of anilines is 3. The van der Waals surface area contributed by atoms with Crippen molar-refractivity contribution in [1.29, 1.82) is 0 Å². The minimum absolute atomic E-state index is 0.137. The third-order valence-electron chi connectivity index (χ3n) is 7.32. The van der Waals surface area contributed by atoms with Crippen LogP contribution < -0.4 is 15.9 Å². The van der Waals surface area contributed by atoms with Crippen LogP contribution in [0.15, 0.2) is 29.2 Å². The van der Waals surface area contributed by atoms with Gasteiger partial charge in [0.05, 0.1) is 22.8 Å². The third-order valence-corrected chi connectivity index (χ3v) is 7.59. The Morgan fingerprint density at radius 2 is 1.79 bits per heavy atom. The highest BCUT2D eigenvalue weighted by molar-refractivity contribution is 6.32. The van der Waals surface area contributed by atoms with Gasteiger partial charge in [-0.25, -0.2) is 18.6 Å². The average Bonchev–Trinajstić information content (AvgIpc) is 3.10. The predicted octanol–water partition coefficient (Wildman–Crippen LogP) is 4.44. The highest BCUT2D eigenvalue weighted by Crippen LogP contribution is 2.39. The van der Waals surface area contributed by atoms with Gasteiger partial charge in [0.2, 0.25) is 5.95 Å². The van der Waals surface area contributed by atoms with Crippen molar-refractivity contribution in [1.82, 2.24) is 24.0 Å². The topological polar surface area (TPSA) is 91.5 Å². The largest absolute Gasteiger partial charge is 0.390 e. The Balaban J connectivity index is 1.66. The molecule has 1 saturated heterocycles. The maximum Gasteiger partial charge on any atom is 0.329 e. The molecule has 2 N–H and O–H groups in total. The number of nitrogens with zero attached hydrogens (tertiary/aromatic N) is 6. The SMILES string of the molecule is C[C@@H]1CN(c2ncc(Cl)c(Nc3ccc4c(c3)n(CCC(C)(C)O)c(=O)n4CCN(C)C)n2)C[C@H](C)C1(F)F. The molecule has 39 heavy (non-hydrogen) atoms. The molecular weight excluding hydrogens is 528 g/mol. The first-order valence-electron chi connectivity index (χ1n) is 13.2. The monoisotopic (exact) mass is 565 g/mol. The van der Waals surface area contributed by atoms with Gasteiger partial charge in [0, 0.05) is 50.2 Å². The zero-order chi connectivity index (χ0) is 28.7. The van der Waals surface area contributed by atoms with Crippen molar-refractivity contribution in [2.24, 2.45) is 11.8 Å². The number of halogens is 3. The van der Waals surface area contributed by atoms with E-state index in [1.165, 1.54) is 20.0 Å². The maximum atomic E-state index is 14.4. The molecule has 0 radical (unpaired) electrons. The molecule has 3 heterocycles. The van der Waals surface area contributed by atoms with E-state index in [1.54, 1.807) is 27.9 Å². The van der Waals surface area contributed by atoms with Gasteiger partial charge in [-0.3, -0.25) is 9.13 Å². The van der Waals surface area contributed by atoms with Crippen LogP contribution in [-0.4, -0.2) is 74.4 Å². The molecule has 1 fully saturated rings. The summed E-state index contributed by atoms with van der Waals surface area (Å²) in [6.07, 6.45) is 1.87. The molecule has 0 amide bonds. The molecule has 1 aliphatic heterocycles. The molecule has 0 saturated carbocycles. The molecule has 214 valence electrons. The van der Waals surface area contributed by atoms with E-state index in [4.69, 9.17) is 11.6 Å². The molecule has 2 atom stereocenters. The van der Waals surface area contributed by atoms with Gasteiger partial charge in [-0.2, -0.15) is 4.98 Å². The first kappa shape index (κ1) is 29.2. The van der Waals surface area contributed by atoms with E-state index in [-0.39, 0.29) is 23.8 Å². The van der Waals surface area contributed by atoms with Gasteiger partial charge in [0.15, 0.2) is 5.82 Å². The van der Waals surface area contributed by atoms with E-state index in [9.17, 15) is 18.7 Å². The number of likely N-dealkylation sites (N-methyl/N-ethyl adjacent to an activating group) is 1. The molecule has 1 aromatic carbocycles. The van der Waals surface area contributed by atoms with Gasteiger partial charge >= 0.3 is 5.69 Å². The third kappa shape index (κ3) is 6.36. The molecule has 1 aliphatic rings. The fraction of sp³-hybridized carbons (Fsp3) is 0.593. The van der Waals surface area contributed by atoms with E-state index in [1.807, 2.05) is 37.2 Å². The highest BCUT2D eigenvalue weighted by Gasteiger charge is 2.47. The maximum absolute atomic E-state index is 14.4. The van der Waals surface area contributed by atoms with Crippen molar-refractivity contribution in [3.8, 4) is 0 Å². The first-order chi connectivity index (χ1) is 18.2. The number of alkyl halides is 2. The number of benzene rings is 1. The van der Waals surface area contributed by atoms with Crippen LogP contribution in [-0.2, 0) is 13.1 Å². The summed E-state index contributed by atoms with van der Waals surface area (Å²) in [5.41, 5.74) is 1.10. The number of aryl methyl sites for hydroxylation is 1. The summed E-state index contributed by atoms with van der Waals surface area (Å²) < 4.78 is 32.2. The molecule has 3 aromatic rings. The Bertz CT molecular complexity index is 1370. The van der Waals surface area contributed by atoms with Crippen LogP contribution in [0.5, 0.6) is 0 Å². The number of aromatic nitrogens is 4. The zero-order valence-corrected chi connectivity index (χ0v) is 24.1. The summed E-state index contributed by atoms with van der Waals surface area (Å²) in [6.45, 7) is 8.36. The van der Waals surface area contributed by atoms with Gasteiger partial charge in [-0.15, -0.1) is 0 Å². The summed E-state index contributed by atoms with van der Waals surface area (Å²) >= 11 is 6.42. The molecule has 0 unspecified atom stereocenters. The van der Waals surface area contributed by atoms with Crippen LogP contribution in [0.2, 0.25) is 5.02 Å². The second kappa shape index (κ2) is 11.0.